The van der Waals surface area contributed by atoms with E-state index in [1.165, 1.54) is 225 Å². The van der Waals surface area contributed by atoms with E-state index in [0.29, 0.717) is 31.6 Å². The van der Waals surface area contributed by atoms with Crippen LogP contribution in [0.25, 0.3) is 0 Å². The molecule has 3 N–H and O–H groups in total. The van der Waals surface area contributed by atoms with E-state index in [4.69, 9.17) is 37.0 Å². The van der Waals surface area contributed by atoms with Gasteiger partial charge in [-0.05, 0) is 37.5 Å². The van der Waals surface area contributed by atoms with E-state index in [0.717, 1.165) is 102 Å². The Morgan fingerprint density at radius 1 is 0.296 bits per heavy atom. The van der Waals surface area contributed by atoms with Crippen LogP contribution in [0.15, 0.2) is 0 Å². The van der Waals surface area contributed by atoms with Crippen LogP contribution in [0.2, 0.25) is 0 Å². The highest BCUT2D eigenvalue weighted by Crippen LogP contribution is 2.45. The molecular formula is C79H154O17P2. The summed E-state index contributed by atoms with van der Waals surface area (Å²) in [6, 6.07) is 0. The van der Waals surface area contributed by atoms with Crippen LogP contribution in [-0.2, 0) is 65.4 Å². The minimum atomic E-state index is -4.96. The molecule has 0 spiro atoms. The van der Waals surface area contributed by atoms with E-state index in [2.05, 4.69) is 41.5 Å². The second-order valence-electron chi connectivity index (χ2n) is 29.2. The van der Waals surface area contributed by atoms with Crippen LogP contribution in [0.5, 0.6) is 0 Å². The highest BCUT2D eigenvalue weighted by Gasteiger charge is 2.30. The number of ether oxygens (including phenoxy) is 4. The fraction of sp³-hybridized carbons (Fsp3) is 0.949. The number of carbonyl (C=O) groups is 4. The van der Waals surface area contributed by atoms with Crippen molar-refractivity contribution in [3.63, 3.8) is 0 Å². The van der Waals surface area contributed by atoms with Crippen LogP contribution < -0.4 is 0 Å². The molecule has 0 aromatic heterocycles. The average Bonchev–Trinajstić information content (AvgIpc) is 1.41. The molecule has 0 aliphatic rings. The Kier molecular flexibility index (Phi) is 69.3. The zero-order chi connectivity index (χ0) is 72.1. The summed E-state index contributed by atoms with van der Waals surface area (Å²) >= 11 is 0. The third-order valence-corrected chi connectivity index (χ3v) is 20.7. The van der Waals surface area contributed by atoms with Crippen LogP contribution in [0.1, 0.15) is 414 Å². The number of rotatable bonds is 78. The highest BCUT2D eigenvalue weighted by atomic mass is 31.2. The molecule has 0 bridgehead atoms. The van der Waals surface area contributed by atoms with Crippen LogP contribution in [0.4, 0.5) is 0 Å². The first-order valence-corrected chi connectivity index (χ1v) is 44.0. The van der Waals surface area contributed by atoms with Gasteiger partial charge in [0.15, 0.2) is 12.2 Å². The van der Waals surface area contributed by atoms with Crippen molar-refractivity contribution < 1.29 is 80.2 Å². The Morgan fingerprint density at radius 2 is 0.520 bits per heavy atom. The summed E-state index contributed by atoms with van der Waals surface area (Å²) in [6.45, 7) is 9.56. The maximum atomic E-state index is 13.1. The maximum Gasteiger partial charge on any atom is 0.472 e. The summed E-state index contributed by atoms with van der Waals surface area (Å²) in [5, 5.41) is 10.6. The number of carbonyl (C=O) groups excluding carboxylic acids is 4. The molecule has 17 nitrogen and oxygen atoms in total. The van der Waals surface area contributed by atoms with Gasteiger partial charge in [-0.1, -0.05) is 363 Å². The molecule has 0 saturated heterocycles. The Balaban J connectivity index is 5.20. The van der Waals surface area contributed by atoms with Crippen LogP contribution in [0, 0.1) is 11.8 Å². The molecule has 0 saturated carbocycles. The molecule has 98 heavy (non-hydrogen) atoms. The molecule has 0 aromatic carbocycles. The van der Waals surface area contributed by atoms with Crippen molar-refractivity contribution in [2.75, 3.05) is 39.6 Å². The number of phosphoric ester groups is 2. The fourth-order valence-electron chi connectivity index (χ4n) is 12.2. The van der Waals surface area contributed by atoms with Crippen molar-refractivity contribution in [3.05, 3.63) is 0 Å². The van der Waals surface area contributed by atoms with Crippen LogP contribution >= 0.6 is 15.6 Å². The molecule has 6 atom stereocenters. The molecule has 19 heteroatoms. The summed E-state index contributed by atoms with van der Waals surface area (Å²) in [5.74, 6) is -0.625. The first-order chi connectivity index (χ1) is 47.4. The number of aliphatic hydroxyl groups excluding tert-OH is 1. The molecule has 0 aliphatic carbocycles. The van der Waals surface area contributed by atoms with Gasteiger partial charge in [-0.2, -0.15) is 0 Å². The van der Waals surface area contributed by atoms with Crippen molar-refractivity contribution >= 4 is 39.5 Å². The molecule has 0 radical (unpaired) electrons. The molecular weight excluding hydrogens is 1280 g/mol. The van der Waals surface area contributed by atoms with Gasteiger partial charge in [0.05, 0.1) is 26.4 Å². The van der Waals surface area contributed by atoms with Crippen molar-refractivity contribution in [1.29, 1.82) is 0 Å². The van der Waals surface area contributed by atoms with Crippen LogP contribution in [-0.4, -0.2) is 96.7 Å². The number of hydrogen-bond donors (Lipinski definition) is 3. The molecule has 0 amide bonds. The van der Waals surface area contributed by atoms with E-state index in [-0.39, 0.29) is 25.7 Å². The molecule has 0 aliphatic heterocycles. The number of phosphoric acid groups is 2. The quantitative estimate of drug-likeness (QED) is 0.0222. The zero-order valence-corrected chi connectivity index (χ0v) is 65.9. The maximum absolute atomic E-state index is 13.1. The normalized spacial score (nSPS) is 14.2. The third kappa shape index (κ3) is 71.1. The number of aliphatic hydroxyl groups is 1. The fourth-order valence-corrected chi connectivity index (χ4v) is 13.7. The predicted octanol–water partition coefficient (Wildman–Crippen LogP) is 23.5. The molecule has 0 aromatic rings. The lowest BCUT2D eigenvalue weighted by molar-refractivity contribution is -0.161. The minimum absolute atomic E-state index is 0.107. The van der Waals surface area contributed by atoms with Gasteiger partial charge in [0.2, 0.25) is 0 Å². The lowest BCUT2D eigenvalue weighted by atomic mass is 9.99. The van der Waals surface area contributed by atoms with Gasteiger partial charge in [0.1, 0.15) is 19.3 Å². The van der Waals surface area contributed by atoms with Crippen molar-refractivity contribution in [1.82, 2.24) is 0 Å². The highest BCUT2D eigenvalue weighted by molar-refractivity contribution is 7.47. The first kappa shape index (κ1) is 96.1. The predicted molar refractivity (Wildman–Crippen MR) is 400 cm³/mol. The Morgan fingerprint density at radius 3 is 0.776 bits per heavy atom. The topological polar surface area (TPSA) is 237 Å². The molecule has 0 rings (SSSR count). The number of esters is 4. The lowest BCUT2D eigenvalue weighted by Gasteiger charge is -2.21. The number of hydrogen-bond acceptors (Lipinski definition) is 15. The minimum Gasteiger partial charge on any atom is -0.462 e. The summed E-state index contributed by atoms with van der Waals surface area (Å²) in [4.78, 5) is 72.9. The Bertz CT molecular complexity index is 1890. The molecule has 582 valence electrons. The van der Waals surface area contributed by atoms with Gasteiger partial charge in [-0.3, -0.25) is 37.3 Å². The van der Waals surface area contributed by atoms with Gasteiger partial charge in [0.25, 0.3) is 0 Å². The van der Waals surface area contributed by atoms with E-state index in [1.807, 2.05) is 0 Å². The van der Waals surface area contributed by atoms with Gasteiger partial charge >= 0.3 is 39.5 Å². The standard InChI is InChI=1S/C79H154O17P2/c1-7-10-12-14-16-18-20-22-24-25-26-27-28-29-30-32-34-40-44-52-58-64-78(83)95-74(67-89-76(81)61-55-49-42-38-36-35-37-41-48-54-60-72(6)9-3)69-93-97(85,86)91-65-73(80)66-92-98(87,88)94-70-75(68-90-77(82)62-56-50-46-45-47-53-59-71(4)5)96-79(84)63-57-51-43-39-33-31-23-21-19-17-15-13-11-8-2/h71-75,80H,7-70H2,1-6H3,(H,85,86)(H,87,88)/t72?,73-,74-,75-/m1/s1. The van der Waals surface area contributed by atoms with E-state index >= 15 is 0 Å². The van der Waals surface area contributed by atoms with Gasteiger partial charge in [-0.15, -0.1) is 0 Å². The Hall–Kier alpha value is -1.94. The summed E-state index contributed by atoms with van der Waals surface area (Å²) < 4.78 is 68.6. The van der Waals surface area contributed by atoms with Crippen LogP contribution in [0.3, 0.4) is 0 Å². The largest absolute Gasteiger partial charge is 0.472 e. The van der Waals surface area contributed by atoms with Crippen molar-refractivity contribution in [2.24, 2.45) is 11.8 Å². The first-order valence-electron chi connectivity index (χ1n) is 41.0. The average molecular weight is 1440 g/mol. The Labute approximate surface area is 600 Å². The number of unbranched alkanes of at least 4 members (excludes halogenated alkanes) is 47. The lowest BCUT2D eigenvalue weighted by Crippen LogP contribution is -2.30. The molecule has 0 fully saturated rings. The van der Waals surface area contributed by atoms with Gasteiger partial charge in [0, 0.05) is 25.7 Å². The smallest absolute Gasteiger partial charge is 0.462 e. The second-order valence-corrected chi connectivity index (χ2v) is 32.1. The van der Waals surface area contributed by atoms with Gasteiger partial charge < -0.3 is 33.8 Å². The van der Waals surface area contributed by atoms with E-state index in [1.54, 1.807) is 0 Å². The van der Waals surface area contributed by atoms with Crippen molar-refractivity contribution in [3.8, 4) is 0 Å². The van der Waals surface area contributed by atoms with Gasteiger partial charge in [-0.25, -0.2) is 9.13 Å². The molecule has 0 heterocycles. The summed E-state index contributed by atoms with van der Waals surface area (Å²) in [5.41, 5.74) is 0. The molecule has 3 unspecified atom stereocenters. The monoisotopic (exact) mass is 1440 g/mol. The second kappa shape index (κ2) is 70.7. The summed E-state index contributed by atoms with van der Waals surface area (Å²) in [7, 11) is -9.91. The SMILES string of the molecule is CCCCCCCCCCCCCCCCCCCCCCCC(=O)O[C@H](COC(=O)CCCCCCCCCCCCC(C)CC)COP(=O)(O)OC[C@@H](O)COP(=O)(O)OC[C@@H](COC(=O)CCCCCCCCC(C)C)OC(=O)CCCCCCCCCCCCCCCC. The van der Waals surface area contributed by atoms with E-state index < -0.39 is 97.5 Å². The summed E-state index contributed by atoms with van der Waals surface area (Å²) in [6.07, 6.45) is 59.8. The zero-order valence-electron chi connectivity index (χ0n) is 64.1. The van der Waals surface area contributed by atoms with Crippen molar-refractivity contribution in [2.45, 2.75) is 432 Å². The van der Waals surface area contributed by atoms with E-state index in [9.17, 15) is 43.2 Å². The third-order valence-electron chi connectivity index (χ3n) is 18.8.